The Bertz CT molecular complexity index is 1290. The lowest BCUT2D eigenvalue weighted by atomic mass is 10.1. The number of halogens is 7. The third-order valence-electron chi connectivity index (χ3n) is 5.81. The van der Waals surface area contributed by atoms with Crippen LogP contribution in [-0.2, 0) is 17.5 Å². The SMILES string of the molecule is O=C(NCC1CCN(Cc2cccc(C(F)(F)F)c2)C1)c1cc(-c2cccc(F)c2)cs1.O=C(O)C(F)(F)F. The molecule has 2 heterocycles. The van der Waals surface area contributed by atoms with Gasteiger partial charge in [-0.15, -0.1) is 11.3 Å². The molecule has 13 heteroatoms. The number of likely N-dealkylation sites (tertiary alicyclic amines) is 1. The number of alkyl halides is 6. The molecule has 1 fully saturated rings. The van der Waals surface area contributed by atoms with E-state index in [1.165, 1.54) is 35.6 Å². The lowest BCUT2D eigenvalue weighted by Gasteiger charge is -2.17. The molecule has 0 spiro atoms. The molecular weight excluding hydrogens is 553 g/mol. The van der Waals surface area contributed by atoms with Gasteiger partial charge in [-0.05, 0) is 65.2 Å². The Morgan fingerprint density at radius 2 is 1.69 bits per heavy atom. The number of thiophene rings is 1. The van der Waals surface area contributed by atoms with Crippen molar-refractivity contribution in [2.75, 3.05) is 19.6 Å². The molecule has 2 aromatic carbocycles. The minimum absolute atomic E-state index is 0.172. The zero-order valence-electron chi connectivity index (χ0n) is 20.2. The Morgan fingerprint density at radius 1 is 1.00 bits per heavy atom. The van der Waals surface area contributed by atoms with Gasteiger partial charge >= 0.3 is 18.3 Å². The molecule has 210 valence electrons. The summed E-state index contributed by atoms with van der Waals surface area (Å²) in [6, 6.07) is 13.4. The lowest BCUT2D eigenvalue weighted by molar-refractivity contribution is -0.192. The number of hydrogen-bond donors (Lipinski definition) is 2. The van der Waals surface area contributed by atoms with E-state index in [1.807, 2.05) is 5.38 Å². The summed E-state index contributed by atoms with van der Waals surface area (Å²) in [6.07, 6.45) is -8.55. The van der Waals surface area contributed by atoms with Crippen molar-refractivity contribution in [3.63, 3.8) is 0 Å². The van der Waals surface area contributed by atoms with Crippen molar-refractivity contribution in [1.29, 1.82) is 0 Å². The van der Waals surface area contributed by atoms with Crippen molar-refractivity contribution < 1.29 is 45.4 Å². The molecule has 0 radical (unpaired) electrons. The number of carboxylic acids is 1. The zero-order valence-corrected chi connectivity index (χ0v) is 21.0. The van der Waals surface area contributed by atoms with Crippen molar-refractivity contribution in [2.24, 2.45) is 5.92 Å². The molecule has 1 atom stereocenters. The summed E-state index contributed by atoms with van der Waals surface area (Å²) in [7, 11) is 0. The number of carbonyl (C=O) groups is 2. The maximum Gasteiger partial charge on any atom is 0.490 e. The molecule has 2 N–H and O–H groups in total. The van der Waals surface area contributed by atoms with Gasteiger partial charge in [-0.3, -0.25) is 9.69 Å². The summed E-state index contributed by atoms with van der Waals surface area (Å²) < 4.78 is 83.9. The van der Waals surface area contributed by atoms with E-state index in [1.54, 1.807) is 24.3 Å². The molecule has 1 amide bonds. The Balaban J connectivity index is 0.000000532. The highest BCUT2D eigenvalue weighted by molar-refractivity contribution is 7.12. The van der Waals surface area contributed by atoms with E-state index < -0.39 is 23.9 Å². The third kappa shape index (κ3) is 9.06. The fourth-order valence-corrected chi connectivity index (χ4v) is 4.76. The summed E-state index contributed by atoms with van der Waals surface area (Å²) in [5, 5.41) is 11.9. The summed E-state index contributed by atoms with van der Waals surface area (Å²) in [6.45, 7) is 2.45. The molecule has 3 aromatic rings. The maximum absolute atomic E-state index is 13.4. The first kappa shape index (κ1) is 30.1. The van der Waals surface area contributed by atoms with Crippen molar-refractivity contribution in [3.8, 4) is 11.1 Å². The quantitative estimate of drug-likeness (QED) is 0.331. The van der Waals surface area contributed by atoms with E-state index in [0.717, 1.165) is 36.7 Å². The Hall–Kier alpha value is -3.45. The van der Waals surface area contributed by atoms with Crippen LogP contribution in [0.2, 0.25) is 0 Å². The Labute approximate surface area is 222 Å². The smallest absolute Gasteiger partial charge is 0.475 e. The van der Waals surface area contributed by atoms with Gasteiger partial charge in [0.15, 0.2) is 0 Å². The number of carboxylic acid groups (broad SMARTS) is 1. The van der Waals surface area contributed by atoms with Crippen LogP contribution in [0.5, 0.6) is 0 Å². The number of nitrogens with zero attached hydrogens (tertiary/aromatic N) is 1. The second-order valence-electron chi connectivity index (χ2n) is 8.81. The van der Waals surface area contributed by atoms with Crippen molar-refractivity contribution in [1.82, 2.24) is 10.2 Å². The van der Waals surface area contributed by atoms with E-state index >= 15 is 0 Å². The number of benzene rings is 2. The van der Waals surface area contributed by atoms with Gasteiger partial charge < -0.3 is 10.4 Å². The first-order valence-electron chi connectivity index (χ1n) is 11.5. The summed E-state index contributed by atoms with van der Waals surface area (Å²) in [5.74, 6) is -3.01. The molecular formula is C26H23F7N2O3S. The van der Waals surface area contributed by atoms with E-state index in [9.17, 15) is 35.5 Å². The van der Waals surface area contributed by atoms with E-state index in [2.05, 4.69) is 10.2 Å². The van der Waals surface area contributed by atoms with Crippen LogP contribution in [0.25, 0.3) is 11.1 Å². The van der Waals surface area contributed by atoms with E-state index in [-0.39, 0.29) is 17.6 Å². The van der Waals surface area contributed by atoms with Crippen LogP contribution in [-0.4, -0.2) is 47.7 Å². The Morgan fingerprint density at radius 3 is 2.33 bits per heavy atom. The van der Waals surface area contributed by atoms with Gasteiger partial charge in [0.25, 0.3) is 5.91 Å². The first-order valence-corrected chi connectivity index (χ1v) is 12.4. The second kappa shape index (κ2) is 12.6. The number of hydrogen-bond acceptors (Lipinski definition) is 4. The van der Waals surface area contributed by atoms with E-state index in [0.29, 0.717) is 23.5 Å². The van der Waals surface area contributed by atoms with Crippen LogP contribution in [0.4, 0.5) is 30.7 Å². The normalized spacial score (nSPS) is 15.9. The van der Waals surface area contributed by atoms with Crippen LogP contribution in [0.3, 0.4) is 0 Å². The van der Waals surface area contributed by atoms with Gasteiger partial charge in [0.1, 0.15) is 5.82 Å². The highest BCUT2D eigenvalue weighted by atomic mass is 32.1. The average Bonchev–Trinajstić information content (AvgIpc) is 3.52. The van der Waals surface area contributed by atoms with Crippen LogP contribution < -0.4 is 5.32 Å². The molecule has 0 saturated carbocycles. The van der Waals surface area contributed by atoms with Crippen molar-refractivity contribution >= 4 is 23.2 Å². The summed E-state index contributed by atoms with van der Waals surface area (Å²) >= 11 is 1.31. The average molecular weight is 577 g/mol. The standard InChI is InChI=1S/C24H22F4N2OS.C2HF3O2/c25-21-6-2-4-18(10-21)19-11-22(32-15-19)23(31)29-12-17-7-8-30(14-17)13-16-3-1-5-20(9-16)24(26,27)28;3-2(4,5)1(6)7/h1-6,9-11,15,17H,7-8,12-14H2,(H,29,31);(H,6,7). The van der Waals surface area contributed by atoms with Gasteiger partial charge in [0.2, 0.25) is 0 Å². The minimum Gasteiger partial charge on any atom is -0.475 e. The molecule has 5 nitrogen and oxygen atoms in total. The molecule has 0 bridgehead atoms. The van der Waals surface area contributed by atoms with Gasteiger partial charge in [-0.2, -0.15) is 26.3 Å². The zero-order chi connectivity index (χ0) is 28.8. The van der Waals surface area contributed by atoms with Crippen LogP contribution >= 0.6 is 11.3 Å². The lowest BCUT2D eigenvalue weighted by Crippen LogP contribution is -2.30. The molecule has 1 aromatic heterocycles. The van der Waals surface area contributed by atoms with Crippen LogP contribution in [0.1, 0.15) is 27.2 Å². The third-order valence-corrected chi connectivity index (χ3v) is 6.73. The van der Waals surface area contributed by atoms with E-state index in [4.69, 9.17) is 9.90 Å². The second-order valence-corrected chi connectivity index (χ2v) is 9.72. The highest BCUT2D eigenvalue weighted by Crippen LogP contribution is 2.30. The Kier molecular flexibility index (Phi) is 9.73. The topological polar surface area (TPSA) is 69.6 Å². The summed E-state index contributed by atoms with van der Waals surface area (Å²) in [4.78, 5) is 24.1. The fraction of sp³-hybridized carbons (Fsp3) is 0.308. The molecule has 1 unspecified atom stereocenters. The minimum atomic E-state index is -5.08. The molecule has 1 aliphatic heterocycles. The number of nitrogens with one attached hydrogen (secondary N) is 1. The van der Waals surface area contributed by atoms with Crippen molar-refractivity contribution in [2.45, 2.75) is 25.3 Å². The summed E-state index contributed by atoms with van der Waals surface area (Å²) in [5.41, 5.74) is 1.52. The number of rotatable bonds is 6. The van der Waals surface area contributed by atoms with Gasteiger partial charge in [-0.25, -0.2) is 9.18 Å². The van der Waals surface area contributed by atoms with Gasteiger partial charge in [-0.1, -0.05) is 30.3 Å². The molecule has 39 heavy (non-hydrogen) atoms. The van der Waals surface area contributed by atoms with Gasteiger partial charge in [0, 0.05) is 19.6 Å². The fourth-order valence-electron chi connectivity index (χ4n) is 3.93. The van der Waals surface area contributed by atoms with Crippen LogP contribution in [0, 0.1) is 11.7 Å². The molecule has 1 saturated heterocycles. The first-order chi connectivity index (χ1) is 18.2. The van der Waals surface area contributed by atoms with Gasteiger partial charge in [0.05, 0.1) is 10.4 Å². The number of amides is 1. The largest absolute Gasteiger partial charge is 0.490 e. The van der Waals surface area contributed by atoms with Crippen molar-refractivity contribution in [3.05, 3.63) is 81.8 Å². The molecule has 1 aliphatic rings. The molecule has 4 rings (SSSR count). The molecule has 0 aliphatic carbocycles. The number of carbonyl (C=O) groups excluding carboxylic acids is 1. The van der Waals surface area contributed by atoms with Crippen LogP contribution in [0.15, 0.2) is 60.0 Å². The predicted molar refractivity (Wildman–Crippen MR) is 131 cm³/mol. The highest BCUT2D eigenvalue weighted by Gasteiger charge is 2.38. The number of aliphatic carboxylic acids is 1. The predicted octanol–water partition coefficient (Wildman–Crippen LogP) is 6.46. The monoisotopic (exact) mass is 576 g/mol. The maximum atomic E-state index is 13.4.